The molecular formula is C8H6BrN3O. The van der Waals surface area contributed by atoms with Gasteiger partial charge in [0.2, 0.25) is 0 Å². The predicted octanol–water partition coefficient (Wildman–Crippen LogP) is 2.08. The molecule has 0 aliphatic carbocycles. The summed E-state index contributed by atoms with van der Waals surface area (Å²) in [4.78, 5) is 8.09. The molecule has 5 heteroatoms. The third kappa shape index (κ3) is 1.55. The van der Waals surface area contributed by atoms with Gasteiger partial charge in [0, 0.05) is 0 Å². The molecule has 0 saturated heterocycles. The Morgan fingerprint density at radius 1 is 1.46 bits per heavy atom. The molecule has 0 unspecified atom stereocenters. The minimum Gasteiger partial charge on any atom is -0.463 e. The van der Waals surface area contributed by atoms with Crippen LogP contribution >= 0.6 is 15.9 Å². The SMILES string of the molecule is Nc1ncc(Br)nc1-c1ccco1. The van der Waals surface area contributed by atoms with Crippen molar-refractivity contribution in [2.24, 2.45) is 0 Å². The van der Waals surface area contributed by atoms with Crippen molar-refractivity contribution in [3.63, 3.8) is 0 Å². The van der Waals surface area contributed by atoms with Crippen molar-refractivity contribution in [2.45, 2.75) is 0 Å². The summed E-state index contributed by atoms with van der Waals surface area (Å²) >= 11 is 3.21. The highest BCUT2D eigenvalue weighted by molar-refractivity contribution is 9.10. The van der Waals surface area contributed by atoms with Crippen LogP contribution < -0.4 is 5.73 Å². The third-order valence-corrected chi connectivity index (χ3v) is 1.91. The summed E-state index contributed by atoms with van der Waals surface area (Å²) in [6.45, 7) is 0. The normalized spacial score (nSPS) is 10.2. The van der Waals surface area contributed by atoms with E-state index in [4.69, 9.17) is 10.2 Å². The number of aromatic nitrogens is 2. The van der Waals surface area contributed by atoms with Gasteiger partial charge in [-0.05, 0) is 28.1 Å². The van der Waals surface area contributed by atoms with Gasteiger partial charge in [-0.3, -0.25) is 0 Å². The molecule has 0 amide bonds. The number of nitrogens with zero attached hydrogens (tertiary/aromatic N) is 2. The zero-order valence-electron chi connectivity index (χ0n) is 6.57. The first-order chi connectivity index (χ1) is 6.27. The summed E-state index contributed by atoms with van der Waals surface area (Å²) in [7, 11) is 0. The lowest BCUT2D eigenvalue weighted by Gasteiger charge is -1.99. The van der Waals surface area contributed by atoms with Crippen molar-refractivity contribution in [1.82, 2.24) is 9.97 Å². The van der Waals surface area contributed by atoms with Gasteiger partial charge in [0.25, 0.3) is 0 Å². The molecule has 0 bridgehead atoms. The van der Waals surface area contributed by atoms with E-state index in [2.05, 4.69) is 25.9 Å². The molecule has 2 aromatic rings. The quantitative estimate of drug-likeness (QED) is 0.828. The number of hydrogen-bond acceptors (Lipinski definition) is 4. The first kappa shape index (κ1) is 8.25. The van der Waals surface area contributed by atoms with Crippen LogP contribution in [0.3, 0.4) is 0 Å². The molecule has 66 valence electrons. The largest absolute Gasteiger partial charge is 0.463 e. The summed E-state index contributed by atoms with van der Waals surface area (Å²) in [6.07, 6.45) is 3.11. The molecular weight excluding hydrogens is 234 g/mol. The van der Waals surface area contributed by atoms with E-state index in [1.54, 1.807) is 24.6 Å². The molecule has 13 heavy (non-hydrogen) atoms. The van der Waals surface area contributed by atoms with Gasteiger partial charge in [0.1, 0.15) is 10.3 Å². The number of nitrogen functional groups attached to an aromatic ring is 1. The Morgan fingerprint density at radius 3 is 3.00 bits per heavy atom. The number of rotatable bonds is 1. The minimum atomic E-state index is 0.359. The summed E-state index contributed by atoms with van der Waals surface area (Å²) in [6, 6.07) is 3.56. The van der Waals surface area contributed by atoms with Crippen molar-refractivity contribution in [2.75, 3.05) is 5.73 Å². The van der Waals surface area contributed by atoms with Crippen LogP contribution in [0.4, 0.5) is 5.82 Å². The number of hydrogen-bond donors (Lipinski definition) is 1. The number of halogens is 1. The minimum absolute atomic E-state index is 0.359. The average Bonchev–Trinajstić information content (AvgIpc) is 2.61. The van der Waals surface area contributed by atoms with E-state index in [1.165, 1.54) is 0 Å². The first-order valence-electron chi connectivity index (χ1n) is 3.59. The van der Waals surface area contributed by atoms with Gasteiger partial charge in [-0.15, -0.1) is 0 Å². The van der Waals surface area contributed by atoms with Crippen LogP contribution in [0, 0.1) is 0 Å². The molecule has 2 heterocycles. The summed E-state index contributed by atoms with van der Waals surface area (Å²) in [5, 5.41) is 0. The summed E-state index contributed by atoms with van der Waals surface area (Å²) in [5.74, 6) is 0.976. The molecule has 0 aromatic carbocycles. The van der Waals surface area contributed by atoms with Crippen molar-refractivity contribution in [3.8, 4) is 11.5 Å². The van der Waals surface area contributed by atoms with Crippen LogP contribution in [0.25, 0.3) is 11.5 Å². The molecule has 4 nitrogen and oxygen atoms in total. The lowest BCUT2D eigenvalue weighted by Crippen LogP contribution is -1.96. The van der Waals surface area contributed by atoms with Gasteiger partial charge in [-0.1, -0.05) is 0 Å². The van der Waals surface area contributed by atoms with Gasteiger partial charge >= 0.3 is 0 Å². The molecule has 0 aliphatic rings. The molecule has 0 aliphatic heterocycles. The molecule has 2 aromatic heterocycles. The van der Waals surface area contributed by atoms with E-state index in [1.807, 2.05) is 0 Å². The van der Waals surface area contributed by atoms with E-state index in [0.717, 1.165) is 0 Å². The second kappa shape index (κ2) is 3.18. The average molecular weight is 240 g/mol. The van der Waals surface area contributed by atoms with Gasteiger partial charge in [-0.25, -0.2) is 9.97 Å². The monoisotopic (exact) mass is 239 g/mol. The fourth-order valence-electron chi connectivity index (χ4n) is 0.972. The molecule has 2 rings (SSSR count). The van der Waals surface area contributed by atoms with E-state index in [-0.39, 0.29) is 0 Å². The van der Waals surface area contributed by atoms with Crippen LogP contribution in [-0.2, 0) is 0 Å². The Labute approximate surface area is 82.9 Å². The highest BCUT2D eigenvalue weighted by Crippen LogP contribution is 2.23. The van der Waals surface area contributed by atoms with Gasteiger partial charge in [0.15, 0.2) is 11.6 Å². The second-order valence-corrected chi connectivity index (χ2v) is 3.22. The van der Waals surface area contributed by atoms with Crippen molar-refractivity contribution in [1.29, 1.82) is 0 Å². The Balaban J connectivity index is 2.57. The molecule has 0 fully saturated rings. The lowest BCUT2D eigenvalue weighted by atomic mass is 10.3. The summed E-state index contributed by atoms with van der Waals surface area (Å²) in [5.41, 5.74) is 6.18. The zero-order chi connectivity index (χ0) is 9.26. The Kier molecular flexibility index (Phi) is 2.02. The van der Waals surface area contributed by atoms with E-state index < -0.39 is 0 Å². The van der Waals surface area contributed by atoms with Crippen molar-refractivity contribution in [3.05, 3.63) is 29.2 Å². The Hall–Kier alpha value is -1.36. The van der Waals surface area contributed by atoms with E-state index >= 15 is 0 Å². The van der Waals surface area contributed by atoms with Crippen LogP contribution in [0.15, 0.2) is 33.6 Å². The fourth-order valence-corrected chi connectivity index (χ4v) is 1.25. The standard InChI is InChI=1S/C8H6BrN3O/c9-6-4-11-8(10)7(12-6)5-2-1-3-13-5/h1-4H,(H2,10,11). The van der Waals surface area contributed by atoms with Crippen LogP contribution in [0.1, 0.15) is 0 Å². The van der Waals surface area contributed by atoms with Gasteiger partial charge in [0.05, 0.1) is 12.5 Å². The smallest absolute Gasteiger partial charge is 0.156 e. The highest BCUT2D eigenvalue weighted by atomic mass is 79.9. The molecule has 0 radical (unpaired) electrons. The first-order valence-corrected chi connectivity index (χ1v) is 4.38. The molecule has 0 saturated carbocycles. The number of furan rings is 1. The van der Waals surface area contributed by atoms with Crippen molar-refractivity contribution < 1.29 is 4.42 Å². The van der Waals surface area contributed by atoms with E-state index in [0.29, 0.717) is 21.9 Å². The van der Waals surface area contributed by atoms with Crippen LogP contribution in [0.2, 0.25) is 0 Å². The van der Waals surface area contributed by atoms with Crippen LogP contribution in [-0.4, -0.2) is 9.97 Å². The fraction of sp³-hybridized carbons (Fsp3) is 0. The molecule has 0 spiro atoms. The summed E-state index contributed by atoms with van der Waals surface area (Å²) < 4.78 is 5.78. The zero-order valence-corrected chi connectivity index (χ0v) is 8.15. The number of anilines is 1. The molecule has 2 N–H and O–H groups in total. The van der Waals surface area contributed by atoms with Crippen LogP contribution in [0.5, 0.6) is 0 Å². The Morgan fingerprint density at radius 2 is 2.31 bits per heavy atom. The topological polar surface area (TPSA) is 64.9 Å². The predicted molar refractivity (Wildman–Crippen MR) is 51.8 cm³/mol. The third-order valence-electron chi connectivity index (χ3n) is 1.53. The maximum Gasteiger partial charge on any atom is 0.156 e. The maximum absolute atomic E-state index is 5.63. The van der Waals surface area contributed by atoms with Crippen molar-refractivity contribution >= 4 is 21.7 Å². The number of nitrogens with two attached hydrogens (primary N) is 1. The maximum atomic E-state index is 5.63. The van der Waals surface area contributed by atoms with Gasteiger partial charge in [-0.2, -0.15) is 0 Å². The lowest BCUT2D eigenvalue weighted by molar-refractivity contribution is 0.580. The van der Waals surface area contributed by atoms with Gasteiger partial charge < -0.3 is 10.2 Å². The molecule has 0 atom stereocenters. The second-order valence-electron chi connectivity index (χ2n) is 2.40. The Bertz CT molecular complexity index is 413. The van der Waals surface area contributed by atoms with E-state index in [9.17, 15) is 0 Å². The highest BCUT2D eigenvalue weighted by Gasteiger charge is 2.08.